The zero-order valence-electron chi connectivity index (χ0n) is 9.95. The number of Topliss-reactive ketones (excluding diaryl/α,β-unsaturated/α-hetero) is 1. The highest BCUT2D eigenvalue weighted by Crippen LogP contribution is 2.14. The molecular weight excluding hydrogens is 186 g/mol. The molecule has 0 saturated heterocycles. The summed E-state index contributed by atoms with van der Waals surface area (Å²) in [4.78, 5) is 15.8. The van der Waals surface area contributed by atoms with Crippen molar-refractivity contribution in [2.24, 2.45) is 5.92 Å². The first-order valence-corrected chi connectivity index (χ1v) is 5.48. The predicted octanol–water partition coefficient (Wildman–Crippen LogP) is 2.97. The van der Waals surface area contributed by atoms with Crippen LogP contribution in [-0.2, 0) is 11.2 Å². The van der Waals surface area contributed by atoms with Gasteiger partial charge in [-0.05, 0) is 23.6 Å². The number of aromatic nitrogens is 1. The molecule has 2 nitrogen and oxygen atoms in total. The van der Waals surface area contributed by atoms with Gasteiger partial charge in [0.25, 0.3) is 0 Å². The number of pyridine rings is 1. The second-order valence-electron chi connectivity index (χ2n) is 4.53. The van der Waals surface area contributed by atoms with Crippen molar-refractivity contribution in [1.29, 1.82) is 0 Å². The van der Waals surface area contributed by atoms with Crippen LogP contribution >= 0.6 is 0 Å². The van der Waals surface area contributed by atoms with E-state index in [0.717, 1.165) is 5.69 Å². The Morgan fingerprint density at radius 3 is 2.53 bits per heavy atom. The molecule has 0 radical (unpaired) electrons. The van der Waals surface area contributed by atoms with Gasteiger partial charge in [-0.15, -0.1) is 0 Å². The van der Waals surface area contributed by atoms with Gasteiger partial charge in [-0.2, -0.15) is 0 Å². The lowest BCUT2D eigenvalue weighted by Gasteiger charge is -2.08. The number of hydrogen-bond acceptors (Lipinski definition) is 2. The fourth-order valence-corrected chi connectivity index (χ4v) is 1.34. The van der Waals surface area contributed by atoms with Crippen molar-refractivity contribution in [2.75, 3.05) is 0 Å². The molecule has 0 N–H and O–H groups in total. The summed E-state index contributed by atoms with van der Waals surface area (Å²) in [6.45, 7) is 8.13. The molecule has 0 unspecified atom stereocenters. The summed E-state index contributed by atoms with van der Waals surface area (Å²) in [5.74, 6) is 0.832. The van der Waals surface area contributed by atoms with Crippen molar-refractivity contribution in [2.45, 2.75) is 40.0 Å². The third-order valence-corrected chi connectivity index (χ3v) is 2.51. The molecule has 0 aliphatic heterocycles. The maximum Gasteiger partial charge on any atom is 0.141 e. The van der Waals surface area contributed by atoms with Gasteiger partial charge in [-0.3, -0.25) is 9.78 Å². The minimum absolute atomic E-state index is 0.0921. The number of rotatable bonds is 4. The van der Waals surface area contributed by atoms with Gasteiger partial charge >= 0.3 is 0 Å². The van der Waals surface area contributed by atoms with Gasteiger partial charge in [0.1, 0.15) is 5.78 Å². The summed E-state index contributed by atoms with van der Waals surface area (Å²) >= 11 is 0. The van der Waals surface area contributed by atoms with E-state index in [2.05, 4.69) is 18.8 Å². The molecule has 0 spiro atoms. The summed E-state index contributed by atoms with van der Waals surface area (Å²) in [6, 6.07) is 4.04. The van der Waals surface area contributed by atoms with Gasteiger partial charge < -0.3 is 0 Å². The van der Waals surface area contributed by atoms with E-state index in [0.29, 0.717) is 12.3 Å². The lowest BCUT2D eigenvalue weighted by atomic mass is 10.00. The smallest absolute Gasteiger partial charge is 0.141 e. The van der Waals surface area contributed by atoms with Crippen LogP contribution in [0.5, 0.6) is 0 Å². The van der Waals surface area contributed by atoms with E-state index in [4.69, 9.17) is 0 Å². The fraction of sp³-hybridized carbons (Fsp3) is 0.538. The second-order valence-corrected chi connectivity index (χ2v) is 4.53. The summed E-state index contributed by atoms with van der Waals surface area (Å²) in [5, 5.41) is 0. The van der Waals surface area contributed by atoms with Crippen LogP contribution in [0.2, 0.25) is 0 Å². The van der Waals surface area contributed by atoms with Gasteiger partial charge in [0.15, 0.2) is 0 Å². The van der Waals surface area contributed by atoms with Crippen LogP contribution < -0.4 is 0 Å². The number of nitrogens with zero attached hydrogens (tertiary/aromatic N) is 1. The van der Waals surface area contributed by atoms with E-state index >= 15 is 0 Å². The molecule has 15 heavy (non-hydrogen) atoms. The Balaban J connectivity index is 2.78. The molecule has 1 aromatic rings. The molecule has 1 heterocycles. The van der Waals surface area contributed by atoms with Crippen molar-refractivity contribution < 1.29 is 4.79 Å². The molecule has 2 heteroatoms. The first-order valence-electron chi connectivity index (χ1n) is 5.48. The highest BCUT2D eigenvalue weighted by atomic mass is 16.1. The van der Waals surface area contributed by atoms with Gasteiger partial charge in [0, 0.05) is 24.2 Å². The first-order chi connectivity index (χ1) is 7.00. The molecule has 1 rings (SSSR count). The number of carbonyl (C=O) groups excluding carboxylic acids is 1. The van der Waals surface area contributed by atoms with Crippen LogP contribution in [0.3, 0.4) is 0 Å². The van der Waals surface area contributed by atoms with E-state index in [1.807, 2.05) is 26.0 Å². The molecule has 82 valence electrons. The lowest BCUT2D eigenvalue weighted by Crippen LogP contribution is -2.11. The number of hydrogen-bond donors (Lipinski definition) is 0. The van der Waals surface area contributed by atoms with E-state index in [9.17, 15) is 4.79 Å². The van der Waals surface area contributed by atoms with Crippen LogP contribution in [0, 0.1) is 5.92 Å². The van der Waals surface area contributed by atoms with Crippen LogP contribution in [0.15, 0.2) is 18.3 Å². The largest absolute Gasteiger partial charge is 0.299 e. The third-order valence-electron chi connectivity index (χ3n) is 2.51. The Bertz CT molecular complexity index is 342. The monoisotopic (exact) mass is 205 g/mol. The molecule has 0 saturated carbocycles. The second kappa shape index (κ2) is 5.06. The topological polar surface area (TPSA) is 30.0 Å². The normalized spacial score (nSPS) is 11.1. The van der Waals surface area contributed by atoms with Crippen LogP contribution in [-0.4, -0.2) is 10.8 Å². The number of carbonyl (C=O) groups is 1. The summed E-state index contributed by atoms with van der Waals surface area (Å²) in [6.07, 6.45) is 2.25. The first kappa shape index (κ1) is 11.9. The average Bonchev–Trinajstić information content (AvgIpc) is 2.18. The molecule has 0 aliphatic carbocycles. The Kier molecular flexibility index (Phi) is 4.01. The summed E-state index contributed by atoms with van der Waals surface area (Å²) in [7, 11) is 0. The molecule has 0 atom stereocenters. The zero-order chi connectivity index (χ0) is 11.4. The van der Waals surface area contributed by atoms with Gasteiger partial charge in [0.05, 0.1) is 0 Å². The summed E-state index contributed by atoms with van der Waals surface area (Å²) < 4.78 is 0. The van der Waals surface area contributed by atoms with E-state index in [-0.39, 0.29) is 11.7 Å². The Morgan fingerprint density at radius 1 is 1.33 bits per heavy atom. The van der Waals surface area contributed by atoms with Crippen LogP contribution in [0.4, 0.5) is 0 Å². The van der Waals surface area contributed by atoms with Crippen molar-refractivity contribution in [3.63, 3.8) is 0 Å². The van der Waals surface area contributed by atoms with E-state index in [1.165, 1.54) is 5.56 Å². The maximum absolute atomic E-state index is 11.6. The molecule has 0 aromatic carbocycles. The predicted molar refractivity (Wildman–Crippen MR) is 61.9 cm³/mol. The third kappa shape index (κ3) is 3.46. The molecule has 0 bridgehead atoms. The average molecular weight is 205 g/mol. The van der Waals surface area contributed by atoms with Crippen molar-refractivity contribution in [3.8, 4) is 0 Å². The van der Waals surface area contributed by atoms with Crippen molar-refractivity contribution in [3.05, 3.63) is 29.6 Å². The Labute approximate surface area is 91.7 Å². The summed E-state index contributed by atoms with van der Waals surface area (Å²) in [5.41, 5.74) is 2.14. The molecule has 0 fully saturated rings. The zero-order valence-corrected chi connectivity index (χ0v) is 9.95. The van der Waals surface area contributed by atoms with Crippen LogP contribution in [0.1, 0.15) is 44.9 Å². The van der Waals surface area contributed by atoms with Crippen molar-refractivity contribution >= 4 is 5.78 Å². The number of ketones is 1. The van der Waals surface area contributed by atoms with Gasteiger partial charge in [-0.1, -0.05) is 27.7 Å². The van der Waals surface area contributed by atoms with Gasteiger partial charge in [-0.25, -0.2) is 0 Å². The fourth-order valence-electron chi connectivity index (χ4n) is 1.34. The Hall–Kier alpha value is -1.18. The standard InChI is InChI=1S/C13H19NO/c1-9(2)11-5-6-14-12(7-11)8-13(15)10(3)4/h5-7,9-10H,8H2,1-4H3. The quantitative estimate of drug-likeness (QED) is 0.756. The van der Waals surface area contributed by atoms with E-state index < -0.39 is 0 Å². The SMILES string of the molecule is CC(C)C(=O)Cc1cc(C(C)C)ccn1. The lowest BCUT2D eigenvalue weighted by molar-refractivity contribution is -0.121. The minimum Gasteiger partial charge on any atom is -0.299 e. The molecule has 1 aromatic heterocycles. The Morgan fingerprint density at radius 2 is 2.00 bits per heavy atom. The highest BCUT2D eigenvalue weighted by molar-refractivity contribution is 5.82. The molecular formula is C13H19NO. The van der Waals surface area contributed by atoms with Gasteiger partial charge in [0.2, 0.25) is 0 Å². The highest BCUT2D eigenvalue weighted by Gasteiger charge is 2.10. The van der Waals surface area contributed by atoms with Crippen LogP contribution in [0.25, 0.3) is 0 Å². The minimum atomic E-state index is 0.0921. The van der Waals surface area contributed by atoms with E-state index in [1.54, 1.807) is 6.20 Å². The molecule has 0 aliphatic rings. The van der Waals surface area contributed by atoms with Crippen molar-refractivity contribution in [1.82, 2.24) is 4.98 Å². The molecule has 0 amide bonds. The maximum atomic E-state index is 11.6.